The monoisotopic (exact) mass is 222 g/mol. The third kappa shape index (κ3) is 1.48. The van der Waals surface area contributed by atoms with Crippen molar-refractivity contribution in [2.45, 2.75) is 51.6 Å². The molecule has 0 aromatic heterocycles. The highest BCUT2D eigenvalue weighted by atomic mass is 16.2. The summed E-state index contributed by atoms with van der Waals surface area (Å²) in [5.41, 5.74) is 0.0702. The summed E-state index contributed by atoms with van der Waals surface area (Å²) in [4.78, 5) is 11.8. The zero-order valence-corrected chi connectivity index (χ0v) is 10.3. The maximum absolute atomic E-state index is 11.8. The molecule has 0 aromatic carbocycles. The Kier molecular flexibility index (Phi) is 2.29. The summed E-state index contributed by atoms with van der Waals surface area (Å²) in [5, 5.41) is 6.59. The van der Waals surface area contributed by atoms with E-state index >= 15 is 0 Å². The van der Waals surface area contributed by atoms with Gasteiger partial charge in [-0.3, -0.25) is 4.79 Å². The molecule has 4 atom stereocenters. The van der Waals surface area contributed by atoms with Crippen LogP contribution in [0.2, 0.25) is 0 Å². The van der Waals surface area contributed by atoms with Crippen molar-refractivity contribution in [1.29, 1.82) is 0 Å². The normalized spacial score (nSPS) is 45.0. The summed E-state index contributed by atoms with van der Waals surface area (Å²) in [6.07, 6.45) is 5.48. The van der Waals surface area contributed by atoms with E-state index in [9.17, 15) is 4.79 Å². The van der Waals surface area contributed by atoms with E-state index in [1.165, 1.54) is 25.7 Å². The Balaban J connectivity index is 1.64. The maximum atomic E-state index is 11.8. The van der Waals surface area contributed by atoms with E-state index in [1.54, 1.807) is 0 Å². The number of fused-ring (bicyclic) bond motifs is 1. The van der Waals surface area contributed by atoms with Gasteiger partial charge in [-0.15, -0.1) is 0 Å². The van der Waals surface area contributed by atoms with Crippen molar-refractivity contribution in [3.8, 4) is 0 Å². The third-order valence-electron chi connectivity index (χ3n) is 4.93. The first kappa shape index (κ1) is 10.6. The van der Waals surface area contributed by atoms with Crippen LogP contribution in [0.4, 0.5) is 0 Å². The molecule has 16 heavy (non-hydrogen) atoms. The van der Waals surface area contributed by atoms with E-state index in [-0.39, 0.29) is 17.4 Å². The maximum Gasteiger partial charge on any atom is 0.237 e. The number of rotatable bonds is 2. The summed E-state index contributed by atoms with van der Waals surface area (Å²) < 4.78 is 0. The second-order valence-electron chi connectivity index (χ2n) is 6.50. The Hall–Kier alpha value is -0.570. The van der Waals surface area contributed by atoms with Gasteiger partial charge in [-0.2, -0.15) is 0 Å². The van der Waals surface area contributed by atoms with Gasteiger partial charge in [0.15, 0.2) is 0 Å². The van der Waals surface area contributed by atoms with Crippen LogP contribution in [0.1, 0.15) is 39.5 Å². The van der Waals surface area contributed by atoms with Gasteiger partial charge in [0, 0.05) is 18.0 Å². The van der Waals surface area contributed by atoms with Gasteiger partial charge in [0.25, 0.3) is 0 Å². The molecule has 0 radical (unpaired) electrons. The van der Waals surface area contributed by atoms with Crippen LogP contribution in [0, 0.1) is 17.3 Å². The SMILES string of the molecule is CC1(C)CNC(=O)C1NC1C[C@@H]2CCC[C@H]12. The van der Waals surface area contributed by atoms with Crippen LogP contribution in [-0.2, 0) is 4.79 Å². The molecule has 2 N–H and O–H groups in total. The fourth-order valence-corrected chi connectivity index (χ4v) is 3.77. The standard InChI is InChI=1S/C13H22N2O/c1-13(2)7-14-12(16)11(13)15-10-6-8-4-3-5-9(8)10/h8-11,15H,3-7H2,1-2H3,(H,14,16)/t8-,9-,10?,11?/m0/s1. The molecule has 2 saturated carbocycles. The van der Waals surface area contributed by atoms with Gasteiger partial charge in [-0.05, 0) is 24.7 Å². The summed E-state index contributed by atoms with van der Waals surface area (Å²) in [6.45, 7) is 5.16. The minimum absolute atomic E-state index is 0.0269. The van der Waals surface area contributed by atoms with Crippen molar-refractivity contribution >= 4 is 5.91 Å². The fourth-order valence-electron chi connectivity index (χ4n) is 3.77. The number of hydrogen-bond acceptors (Lipinski definition) is 2. The first-order chi connectivity index (χ1) is 7.58. The molecule has 0 aromatic rings. The quantitative estimate of drug-likeness (QED) is 0.739. The van der Waals surface area contributed by atoms with E-state index < -0.39 is 0 Å². The highest BCUT2D eigenvalue weighted by molar-refractivity contribution is 5.85. The Morgan fingerprint density at radius 3 is 2.81 bits per heavy atom. The molecule has 0 bridgehead atoms. The lowest BCUT2D eigenvalue weighted by Crippen LogP contribution is -2.56. The van der Waals surface area contributed by atoms with E-state index in [0.717, 1.165) is 18.4 Å². The van der Waals surface area contributed by atoms with Crippen molar-refractivity contribution in [3.05, 3.63) is 0 Å². The molecule has 3 rings (SSSR count). The topological polar surface area (TPSA) is 41.1 Å². The van der Waals surface area contributed by atoms with E-state index in [4.69, 9.17) is 0 Å². The Labute approximate surface area is 97.4 Å². The van der Waals surface area contributed by atoms with Gasteiger partial charge in [-0.25, -0.2) is 0 Å². The number of amides is 1. The molecule has 3 nitrogen and oxygen atoms in total. The van der Waals surface area contributed by atoms with Crippen LogP contribution in [0.25, 0.3) is 0 Å². The lowest BCUT2D eigenvalue weighted by atomic mass is 9.70. The molecule has 1 amide bonds. The summed E-state index contributed by atoms with van der Waals surface area (Å²) >= 11 is 0. The number of nitrogens with one attached hydrogen (secondary N) is 2. The molecular formula is C13H22N2O. The Morgan fingerprint density at radius 2 is 2.19 bits per heavy atom. The molecule has 3 heteroatoms. The summed E-state index contributed by atoms with van der Waals surface area (Å²) in [5.74, 6) is 2.03. The molecule has 3 aliphatic rings. The van der Waals surface area contributed by atoms with Gasteiger partial charge in [0.1, 0.15) is 0 Å². The highest BCUT2D eigenvalue weighted by Crippen LogP contribution is 2.47. The lowest BCUT2D eigenvalue weighted by molar-refractivity contribution is -0.122. The predicted molar refractivity (Wildman–Crippen MR) is 63.0 cm³/mol. The van der Waals surface area contributed by atoms with Crippen LogP contribution in [0.15, 0.2) is 0 Å². The van der Waals surface area contributed by atoms with Gasteiger partial charge in [0.2, 0.25) is 5.91 Å². The molecule has 1 aliphatic heterocycles. The molecule has 3 fully saturated rings. The van der Waals surface area contributed by atoms with Gasteiger partial charge in [0.05, 0.1) is 6.04 Å². The van der Waals surface area contributed by atoms with Crippen molar-refractivity contribution < 1.29 is 4.79 Å². The molecule has 1 saturated heterocycles. The lowest BCUT2D eigenvalue weighted by Gasteiger charge is -2.44. The number of hydrogen-bond donors (Lipinski definition) is 2. The minimum Gasteiger partial charge on any atom is -0.354 e. The van der Waals surface area contributed by atoms with Crippen LogP contribution in [-0.4, -0.2) is 24.5 Å². The van der Waals surface area contributed by atoms with Crippen LogP contribution < -0.4 is 10.6 Å². The van der Waals surface area contributed by atoms with Crippen molar-refractivity contribution in [3.63, 3.8) is 0 Å². The third-order valence-corrected chi connectivity index (χ3v) is 4.93. The molecule has 2 unspecified atom stereocenters. The van der Waals surface area contributed by atoms with E-state index in [2.05, 4.69) is 24.5 Å². The van der Waals surface area contributed by atoms with Crippen LogP contribution >= 0.6 is 0 Å². The molecule has 2 aliphatic carbocycles. The molecular weight excluding hydrogens is 200 g/mol. The second kappa shape index (κ2) is 3.46. The minimum atomic E-state index is 0.0269. The molecule has 0 spiro atoms. The Bertz CT molecular complexity index is 313. The van der Waals surface area contributed by atoms with Crippen molar-refractivity contribution in [1.82, 2.24) is 10.6 Å². The zero-order valence-electron chi connectivity index (χ0n) is 10.3. The number of carbonyl (C=O) groups excluding carboxylic acids is 1. The zero-order chi connectivity index (χ0) is 11.3. The number of carbonyl (C=O) groups is 1. The average molecular weight is 222 g/mol. The first-order valence-electron chi connectivity index (χ1n) is 6.62. The fraction of sp³-hybridized carbons (Fsp3) is 0.923. The van der Waals surface area contributed by atoms with Crippen molar-refractivity contribution in [2.75, 3.05) is 6.54 Å². The van der Waals surface area contributed by atoms with Gasteiger partial charge in [-0.1, -0.05) is 26.7 Å². The largest absolute Gasteiger partial charge is 0.354 e. The molecule has 90 valence electrons. The smallest absolute Gasteiger partial charge is 0.237 e. The van der Waals surface area contributed by atoms with Crippen molar-refractivity contribution in [2.24, 2.45) is 17.3 Å². The van der Waals surface area contributed by atoms with Gasteiger partial charge >= 0.3 is 0 Å². The second-order valence-corrected chi connectivity index (χ2v) is 6.50. The molecule has 1 heterocycles. The van der Waals surface area contributed by atoms with E-state index in [0.29, 0.717) is 6.04 Å². The van der Waals surface area contributed by atoms with E-state index in [1.807, 2.05) is 0 Å². The summed E-state index contributed by atoms with van der Waals surface area (Å²) in [7, 11) is 0. The van der Waals surface area contributed by atoms with Crippen LogP contribution in [0.3, 0.4) is 0 Å². The average Bonchev–Trinajstić information content (AvgIpc) is 2.67. The highest BCUT2D eigenvalue weighted by Gasteiger charge is 2.48. The Morgan fingerprint density at radius 1 is 1.38 bits per heavy atom. The first-order valence-corrected chi connectivity index (χ1v) is 6.62. The predicted octanol–water partition coefficient (Wildman–Crippen LogP) is 1.29. The van der Waals surface area contributed by atoms with Crippen LogP contribution in [0.5, 0.6) is 0 Å². The van der Waals surface area contributed by atoms with Gasteiger partial charge < -0.3 is 10.6 Å². The summed E-state index contributed by atoms with van der Waals surface area (Å²) in [6, 6.07) is 0.639.